The molecule has 0 unspecified atom stereocenters. The number of imidazole rings is 1. The molecule has 3 rings (SSSR count). The SMILES string of the molecule is CCOc1ccc(-c2c(C)sc3nc(CC)c(C(=O)O)n23)cc1. The standard InChI is InChI=1S/C17H18N2O3S/c1-4-13-15(16(20)21)19-14(10(3)23-17(19)18-13)11-6-8-12(9-7-11)22-5-2/h6-9H,4-5H2,1-3H3,(H,20,21). The minimum absolute atomic E-state index is 0.260. The Labute approximate surface area is 138 Å². The molecule has 1 N–H and O–H groups in total. The first kappa shape index (κ1) is 15.6. The van der Waals surface area contributed by atoms with Crippen molar-refractivity contribution in [2.45, 2.75) is 27.2 Å². The van der Waals surface area contributed by atoms with Gasteiger partial charge in [-0.15, -0.1) is 11.3 Å². The van der Waals surface area contributed by atoms with Crippen LogP contribution in [0.25, 0.3) is 16.2 Å². The number of ether oxygens (including phenoxy) is 1. The lowest BCUT2D eigenvalue weighted by atomic mass is 10.1. The number of aryl methyl sites for hydroxylation is 2. The van der Waals surface area contributed by atoms with Gasteiger partial charge in [-0.3, -0.25) is 4.40 Å². The van der Waals surface area contributed by atoms with Gasteiger partial charge in [0.2, 0.25) is 0 Å². The fourth-order valence-electron chi connectivity index (χ4n) is 2.74. The van der Waals surface area contributed by atoms with Crippen molar-refractivity contribution >= 4 is 22.3 Å². The maximum atomic E-state index is 11.7. The topological polar surface area (TPSA) is 63.8 Å². The molecule has 23 heavy (non-hydrogen) atoms. The van der Waals surface area contributed by atoms with Crippen molar-refractivity contribution in [1.82, 2.24) is 9.38 Å². The molecule has 0 aliphatic carbocycles. The fraction of sp³-hybridized carbons (Fsp3) is 0.294. The summed E-state index contributed by atoms with van der Waals surface area (Å²) in [5, 5.41) is 9.60. The van der Waals surface area contributed by atoms with E-state index in [1.165, 1.54) is 11.3 Å². The Hall–Kier alpha value is -2.34. The zero-order chi connectivity index (χ0) is 16.6. The normalized spacial score (nSPS) is 11.1. The molecule has 0 saturated carbocycles. The predicted octanol–water partition coefficient (Wildman–Crippen LogP) is 4.03. The summed E-state index contributed by atoms with van der Waals surface area (Å²) in [5.74, 6) is -0.141. The Morgan fingerprint density at radius 3 is 2.57 bits per heavy atom. The van der Waals surface area contributed by atoms with Crippen LogP contribution in [0.5, 0.6) is 5.75 Å². The molecular formula is C17H18N2O3S. The number of aromatic nitrogens is 2. The number of aromatic carboxylic acids is 1. The molecule has 0 fully saturated rings. The van der Waals surface area contributed by atoms with Gasteiger partial charge in [0.05, 0.1) is 18.0 Å². The Kier molecular flexibility index (Phi) is 4.09. The number of hydrogen-bond donors (Lipinski definition) is 1. The summed E-state index contributed by atoms with van der Waals surface area (Å²) < 4.78 is 7.23. The van der Waals surface area contributed by atoms with Crippen molar-refractivity contribution in [3.63, 3.8) is 0 Å². The van der Waals surface area contributed by atoms with Gasteiger partial charge in [-0.2, -0.15) is 0 Å². The van der Waals surface area contributed by atoms with E-state index >= 15 is 0 Å². The highest BCUT2D eigenvalue weighted by molar-refractivity contribution is 7.17. The third kappa shape index (κ3) is 2.59. The van der Waals surface area contributed by atoms with E-state index in [2.05, 4.69) is 4.98 Å². The maximum absolute atomic E-state index is 11.7. The summed E-state index contributed by atoms with van der Waals surface area (Å²) in [6, 6.07) is 7.72. The summed E-state index contributed by atoms with van der Waals surface area (Å²) in [4.78, 5) is 18.0. The van der Waals surface area contributed by atoms with Gasteiger partial charge >= 0.3 is 5.97 Å². The van der Waals surface area contributed by atoms with Crippen LogP contribution >= 0.6 is 11.3 Å². The summed E-state index contributed by atoms with van der Waals surface area (Å²) in [5.41, 5.74) is 2.73. The van der Waals surface area contributed by atoms with E-state index in [0.717, 1.165) is 26.8 Å². The van der Waals surface area contributed by atoms with Gasteiger partial charge in [-0.05, 0) is 50.1 Å². The number of rotatable bonds is 5. The highest BCUT2D eigenvalue weighted by Gasteiger charge is 2.23. The number of hydrogen-bond acceptors (Lipinski definition) is 4. The van der Waals surface area contributed by atoms with Crippen LogP contribution in [-0.4, -0.2) is 27.1 Å². The van der Waals surface area contributed by atoms with E-state index in [1.54, 1.807) is 4.40 Å². The molecule has 0 amide bonds. The van der Waals surface area contributed by atoms with Gasteiger partial charge in [0.1, 0.15) is 5.75 Å². The molecule has 2 aromatic heterocycles. The van der Waals surface area contributed by atoms with E-state index in [-0.39, 0.29) is 5.69 Å². The van der Waals surface area contributed by atoms with Crippen LogP contribution in [0.2, 0.25) is 0 Å². The highest BCUT2D eigenvalue weighted by Crippen LogP contribution is 2.34. The Morgan fingerprint density at radius 1 is 1.30 bits per heavy atom. The van der Waals surface area contributed by atoms with E-state index in [0.29, 0.717) is 18.7 Å². The van der Waals surface area contributed by atoms with Gasteiger partial charge in [0, 0.05) is 4.88 Å². The summed E-state index contributed by atoms with van der Waals surface area (Å²) in [7, 11) is 0. The van der Waals surface area contributed by atoms with Gasteiger partial charge in [0.25, 0.3) is 0 Å². The molecule has 1 aromatic carbocycles. The molecule has 0 bridgehead atoms. The van der Waals surface area contributed by atoms with Crippen LogP contribution in [0.4, 0.5) is 0 Å². The molecule has 5 nitrogen and oxygen atoms in total. The molecule has 0 aliphatic rings. The summed E-state index contributed by atoms with van der Waals surface area (Å²) in [6.45, 7) is 6.47. The predicted molar refractivity (Wildman–Crippen MR) is 90.7 cm³/mol. The molecule has 2 heterocycles. The summed E-state index contributed by atoms with van der Waals surface area (Å²) >= 11 is 1.51. The molecule has 0 radical (unpaired) electrons. The van der Waals surface area contributed by atoms with Crippen LogP contribution in [0.15, 0.2) is 24.3 Å². The van der Waals surface area contributed by atoms with Gasteiger partial charge in [0.15, 0.2) is 10.7 Å². The van der Waals surface area contributed by atoms with Crippen molar-refractivity contribution < 1.29 is 14.6 Å². The average Bonchev–Trinajstić information content (AvgIpc) is 3.02. The molecule has 0 saturated heterocycles. The zero-order valence-electron chi connectivity index (χ0n) is 13.3. The third-order valence-corrected chi connectivity index (χ3v) is 4.65. The van der Waals surface area contributed by atoms with Crippen LogP contribution in [0.3, 0.4) is 0 Å². The first-order chi connectivity index (χ1) is 11.1. The number of benzene rings is 1. The van der Waals surface area contributed by atoms with Gasteiger partial charge < -0.3 is 9.84 Å². The largest absolute Gasteiger partial charge is 0.494 e. The van der Waals surface area contributed by atoms with E-state index < -0.39 is 5.97 Å². The van der Waals surface area contributed by atoms with Crippen LogP contribution in [0.1, 0.15) is 34.9 Å². The zero-order valence-corrected chi connectivity index (χ0v) is 14.1. The lowest BCUT2D eigenvalue weighted by Gasteiger charge is -2.07. The Balaban J connectivity index is 2.21. The number of carboxylic acids is 1. The minimum Gasteiger partial charge on any atom is -0.494 e. The van der Waals surface area contributed by atoms with E-state index in [4.69, 9.17) is 4.74 Å². The number of fused-ring (bicyclic) bond motifs is 1. The smallest absolute Gasteiger partial charge is 0.354 e. The molecule has 0 spiro atoms. The number of thiazole rings is 1. The second kappa shape index (κ2) is 6.04. The fourth-order valence-corrected chi connectivity index (χ4v) is 3.74. The van der Waals surface area contributed by atoms with Crippen molar-refractivity contribution in [3.8, 4) is 17.0 Å². The summed E-state index contributed by atoms with van der Waals surface area (Å²) in [6.07, 6.45) is 0.595. The Morgan fingerprint density at radius 2 is 2.00 bits per heavy atom. The van der Waals surface area contributed by atoms with Crippen molar-refractivity contribution in [3.05, 3.63) is 40.5 Å². The quantitative estimate of drug-likeness (QED) is 0.767. The Bertz CT molecular complexity index is 862. The maximum Gasteiger partial charge on any atom is 0.354 e. The van der Waals surface area contributed by atoms with Crippen molar-refractivity contribution in [2.24, 2.45) is 0 Å². The first-order valence-corrected chi connectivity index (χ1v) is 8.35. The van der Waals surface area contributed by atoms with E-state index in [1.807, 2.05) is 45.0 Å². The first-order valence-electron chi connectivity index (χ1n) is 7.54. The molecule has 120 valence electrons. The van der Waals surface area contributed by atoms with Gasteiger partial charge in [-0.1, -0.05) is 6.92 Å². The molecular weight excluding hydrogens is 312 g/mol. The van der Waals surface area contributed by atoms with Gasteiger partial charge in [-0.25, -0.2) is 9.78 Å². The lowest BCUT2D eigenvalue weighted by Crippen LogP contribution is -2.06. The average molecular weight is 330 g/mol. The monoisotopic (exact) mass is 330 g/mol. The minimum atomic E-state index is -0.945. The number of carbonyl (C=O) groups is 1. The molecule has 0 aliphatic heterocycles. The second-order valence-corrected chi connectivity index (χ2v) is 6.33. The lowest BCUT2D eigenvalue weighted by molar-refractivity contribution is 0.0688. The van der Waals surface area contributed by atoms with Crippen LogP contribution in [-0.2, 0) is 6.42 Å². The van der Waals surface area contributed by atoms with Crippen molar-refractivity contribution in [2.75, 3.05) is 6.61 Å². The number of nitrogens with zero attached hydrogens (tertiary/aromatic N) is 2. The highest BCUT2D eigenvalue weighted by atomic mass is 32.1. The van der Waals surface area contributed by atoms with Crippen LogP contribution in [0, 0.1) is 6.92 Å². The second-order valence-electron chi connectivity index (χ2n) is 5.15. The van der Waals surface area contributed by atoms with E-state index in [9.17, 15) is 9.90 Å². The third-order valence-electron chi connectivity index (χ3n) is 3.70. The molecule has 6 heteroatoms. The number of carboxylic acid groups (broad SMARTS) is 1. The molecule has 0 atom stereocenters. The van der Waals surface area contributed by atoms with Crippen molar-refractivity contribution in [1.29, 1.82) is 0 Å². The molecule has 3 aromatic rings. The van der Waals surface area contributed by atoms with Crippen LogP contribution < -0.4 is 4.74 Å².